The molecule has 216 valence electrons. The number of nitrogens with zero attached hydrogens (tertiary/aromatic N) is 5. The average Bonchev–Trinajstić information content (AvgIpc) is 3.24. The number of aliphatic imine (C=N–C) groups is 1. The molecular formula is C27H33F5N8. The summed E-state index contributed by atoms with van der Waals surface area (Å²) in [7, 11) is 0. The number of nitrogens with one attached hydrogen (secondary N) is 2. The van der Waals surface area contributed by atoms with Crippen LogP contribution in [0.5, 0.6) is 0 Å². The van der Waals surface area contributed by atoms with Gasteiger partial charge in [-0.3, -0.25) is 9.89 Å². The van der Waals surface area contributed by atoms with Crippen molar-refractivity contribution in [2.75, 3.05) is 31.5 Å². The maximum Gasteiger partial charge on any atom is 0.408 e. The quantitative estimate of drug-likeness (QED) is 0.264. The monoisotopic (exact) mass is 564 g/mol. The Hall–Kier alpha value is -3.58. The molecule has 4 N–H and O–H groups in total. The second-order valence-electron chi connectivity index (χ2n) is 9.97. The molecule has 2 aromatic heterocycles. The molecule has 2 atom stereocenters. The van der Waals surface area contributed by atoms with Gasteiger partial charge in [0.15, 0.2) is 11.6 Å². The Morgan fingerprint density at radius 1 is 1.18 bits per heavy atom. The molecule has 40 heavy (non-hydrogen) atoms. The fourth-order valence-electron chi connectivity index (χ4n) is 5.05. The van der Waals surface area contributed by atoms with Crippen LogP contribution in [0.1, 0.15) is 49.8 Å². The molecule has 1 saturated heterocycles. The molecule has 0 spiro atoms. The van der Waals surface area contributed by atoms with Crippen molar-refractivity contribution in [1.82, 2.24) is 24.8 Å². The molecule has 1 aliphatic rings. The summed E-state index contributed by atoms with van der Waals surface area (Å²) >= 11 is 0. The largest absolute Gasteiger partial charge is 0.408 e. The van der Waals surface area contributed by atoms with Gasteiger partial charge in [-0.1, -0.05) is 6.07 Å². The van der Waals surface area contributed by atoms with Crippen LogP contribution >= 0.6 is 0 Å². The van der Waals surface area contributed by atoms with Gasteiger partial charge in [0.2, 0.25) is 0 Å². The predicted octanol–water partition coefficient (Wildman–Crippen LogP) is 4.99. The van der Waals surface area contributed by atoms with Crippen molar-refractivity contribution in [1.29, 1.82) is 0 Å². The molecule has 3 heterocycles. The number of halogens is 5. The molecule has 0 bridgehead atoms. The van der Waals surface area contributed by atoms with Crippen molar-refractivity contribution in [3.05, 3.63) is 65.3 Å². The van der Waals surface area contributed by atoms with Gasteiger partial charge in [-0.15, -0.1) is 0 Å². The van der Waals surface area contributed by atoms with Crippen molar-refractivity contribution >= 4 is 22.6 Å². The lowest BCUT2D eigenvalue weighted by Gasteiger charge is -2.36. The maximum absolute atomic E-state index is 15.0. The summed E-state index contributed by atoms with van der Waals surface area (Å²) < 4.78 is 73.5. The second kappa shape index (κ2) is 11.9. The summed E-state index contributed by atoms with van der Waals surface area (Å²) in [5.74, 6) is -0.641. The lowest BCUT2D eigenvalue weighted by Crippen LogP contribution is -2.49. The van der Waals surface area contributed by atoms with Gasteiger partial charge in [-0.25, -0.2) is 18.7 Å². The van der Waals surface area contributed by atoms with E-state index in [0.29, 0.717) is 24.4 Å². The Kier molecular flexibility index (Phi) is 8.74. The average molecular weight is 565 g/mol. The van der Waals surface area contributed by atoms with Crippen molar-refractivity contribution < 1.29 is 22.0 Å². The highest BCUT2D eigenvalue weighted by atomic mass is 19.4. The van der Waals surface area contributed by atoms with Crippen LogP contribution in [0, 0.1) is 12.7 Å². The number of anilines is 1. The number of nitrogens with two attached hydrogens (primary N) is 1. The van der Waals surface area contributed by atoms with E-state index in [4.69, 9.17) is 5.73 Å². The predicted molar refractivity (Wildman–Crippen MR) is 145 cm³/mol. The molecule has 2 unspecified atom stereocenters. The van der Waals surface area contributed by atoms with E-state index in [1.165, 1.54) is 23.2 Å². The molecule has 13 heteroatoms. The van der Waals surface area contributed by atoms with Gasteiger partial charge in [0.05, 0.1) is 5.52 Å². The summed E-state index contributed by atoms with van der Waals surface area (Å²) in [5, 5.41) is 5.99. The van der Waals surface area contributed by atoms with Crippen LogP contribution in [0.2, 0.25) is 0 Å². The number of imidazole rings is 1. The molecule has 1 aromatic carbocycles. The van der Waals surface area contributed by atoms with Gasteiger partial charge in [0.1, 0.15) is 35.1 Å². The van der Waals surface area contributed by atoms with Crippen molar-refractivity contribution in [3.63, 3.8) is 0 Å². The van der Waals surface area contributed by atoms with Gasteiger partial charge in [-0.2, -0.15) is 13.2 Å². The standard InChI is InChI=1S/C27H33F5N8/c1-15(2)40-17(4)38-25-20(28)11-19(12-22(25)40)24(21(29)13-33)37-16(3)36-23-6-5-18(14-35-23)26(27(30,31)32)39-9-7-34-8-10-39/h5-6,11-16,26,34H,7-10,33H2,1-4H3,(H,35,36)/b21-13+,37-24-. The summed E-state index contributed by atoms with van der Waals surface area (Å²) in [5.41, 5.74) is 6.10. The minimum absolute atomic E-state index is 0.0203. The smallest absolute Gasteiger partial charge is 0.402 e. The van der Waals surface area contributed by atoms with Crippen LogP contribution in [0.15, 0.2) is 47.5 Å². The Labute approximate surface area is 229 Å². The molecule has 3 aromatic rings. The number of hydrogen-bond acceptors (Lipinski definition) is 7. The minimum Gasteiger partial charge on any atom is -0.402 e. The SMILES string of the molecule is Cc1nc2c(F)cc(C(=N/C(C)Nc3ccc(C(N4CCNCC4)C(F)(F)F)cn3)/C(F)=C\N)cc2n1C(C)C. The van der Waals surface area contributed by atoms with Gasteiger partial charge in [0.25, 0.3) is 0 Å². The Morgan fingerprint density at radius 2 is 1.88 bits per heavy atom. The summed E-state index contributed by atoms with van der Waals surface area (Å²) in [6.45, 7) is 8.71. The van der Waals surface area contributed by atoms with E-state index in [9.17, 15) is 17.6 Å². The van der Waals surface area contributed by atoms with Gasteiger partial charge in [-0.05, 0) is 51.5 Å². The van der Waals surface area contributed by atoms with Crippen LogP contribution in [-0.2, 0) is 0 Å². The number of piperazine rings is 1. The van der Waals surface area contributed by atoms with E-state index in [0.717, 1.165) is 12.3 Å². The van der Waals surface area contributed by atoms with Crippen LogP contribution in [0.25, 0.3) is 11.0 Å². The fraction of sp³-hybridized carbons (Fsp3) is 0.444. The zero-order valence-electron chi connectivity index (χ0n) is 22.7. The number of fused-ring (bicyclic) bond motifs is 1. The number of hydrogen-bond donors (Lipinski definition) is 3. The van der Waals surface area contributed by atoms with Crippen LogP contribution in [0.4, 0.5) is 27.8 Å². The Bertz CT molecular complexity index is 1390. The topological polar surface area (TPSA) is 96.4 Å². The Balaban J connectivity index is 1.61. The van der Waals surface area contributed by atoms with Crippen molar-refractivity contribution in [2.24, 2.45) is 10.7 Å². The summed E-state index contributed by atoms with van der Waals surface area (Å²) in [4.78, 5) is 14.2. The Morgan fingerprint density at radius 3 is 2.45 bits per heavy atom. The van der Waals surface area contributed by atoms with E-state index in [-0.39, 0.29) is 47.3 Å². The van der Waals surface area contributed by atoms with E-state index in [2.05, 4.69) is 25.6 Å². The second-order valence-corrected chi connectivity index (χ2v) is 9.97. The number of alkyl halides is 3. The molecular weight excluding hydrogens is 531 g/mol. The van der Waals surface area contributed by atoms with Crippen molar-refractivity contribution in [2.45, 2.75) is 52.1 Å². The van der Waals surface area contributed by atoms with Crippen LogP contribution in [-0.4, -0.2) is 63.7 Å². The number of pyridine rings is 1. The van der Waals surface area contributed by atoms with E-state index in [1.54, 1.807) is 19.9 Å². The molecule has 0 radical (unpaired) electrons. The molecule has 0 aliphatic carbocycles. The van der Waals surface area contributed by atoms with Crippen LogP contribution < -0.4 is 16.4 Å². The third-order valence-corrected chi connectivity index (χ3v) is 6.70. The third kappa shape index (κ3) is 6.25. The highest BCUT2D eigenvalue weighted by Crippen LogP contribution is 2.37. The summed E-state index contributed by atoms with van der Waals surface area (Å²) in [6.07, 6.45) is -3.34. The number of aryl methyl sites for hydroxylation is 1. The van der Waals surface area contributed by atoms with E-state index >= 15 is 4.39 Å². The molecule has 0 saturated carbocycles. The van der Waals surface area contributed by atoms with Gasteiger partial charge < -0.3 is 20.9 Å². The van der Waals surface area contributed by atoms with Crippen LogP contribution in [0.3, 0.4) is 0 Å². The first-order chi connectivity index (χ1) is 18.9. The normalized spacial score (nSPS) is 17.4. The molecule has 0 amide bonds. The van der Waals surface area contributed by atoms with E-state index in [1.807, 2.05) is 18.4 Å². The molecule has 1 fully saturated rings. The maximum atomic E-state index is 15.0. The zero-order valence-corrected chi connectivity index (χ0v) is 22.7. The number of aromatic nitrogens is 3. The van der Waals surface area contributed by atoms with Crippen molar-refractivity contribution in [3.8, 4) is 0 Å². The lowest BCUT2D eigenvalue weighted by molar-refractivity contribution is -0.188. The third-order valence-electron chi connectivity index (χ3n) is 6.70. The molecule has 8 nitrogen and oxygen atoms in total. The first-order valence-electron chi connectivity index (χ1n) is 13.0. The number of benzene rings is 1. The van der Waals surface area contributed by atoms with Gasteiger partial charge >= 0.3 is 6.18 Å². The van der Waals surface area contributed by atoms with E-state index < -0.39 is 30.0 Å². The lowest BCUT2D eigenvalue weighted by atomic mass is 10.1. The zero-order chi connectivity index (χ0) is 29.2. The number of allylic oxidation sites excluding steroid dienone is 1. The summed E-state index contributed by atoms with van der Waals surface area (Å²) in [6, 6.07) is 3.75. The molecule has 1 aliphatic heterocycles. The minimum atomic E-state index is -4.47. The fourth-order valence-corrected chi connectivity index (χ4v) is 5.05. The highest BCUT2D eigenvalue weighted by molar-refractivity contribution is 6.12. The highest BCUT2D eigenvalue weighted by Gasteiger charge is 2.45. The number of rotatable bonds is 8. The van der Waals surface area contributed by atoms with Gasteiger partial charge in [0, 0.05) is 50.2 Å². The first-order valence-corrected chi connectivity index (χ1v) is 13.0. The first kappa shape index (κ1) is 29.4. The molecule has 4 rings (SSSR count).